The van der Waals surface area contributed by atoms with Crippen molar-refractivity contribution in [1.29, 1.82) is 0 Å². The Morgan fingerprint density at radius 3 is 2.63 bits per heavy atom. The van der Waals surface area contributed by atoms with E-state index in [1.165, 1.54) is 33.7 Å². The van der Waals surface area contributed by atoms with Crippen molar-refractivity contribution >= 4 is 28.5 Å². The Morgan fingerprint density at radius 2 is 1.89 bits per heavy atom. The Morgan fingerprint density at radius 1 is 1.11 bits per heavy atom. The molecule has 35 heavy (non-hydrogen) atoms. The number of aliphatic imine (C=N–C) groups is 1. The van der Waals surface area contributed by atoms with Crippen LogP contribution in [0.15, 0.2) is 52.1 Å². The molecule has 180 valence electrons. The second kappa shape index (κ2) is 9.70. The summed E-state index contributed by atoms with van der Waals surface area (Å²) in [5.41, 5.74) is 8.93. The van der Waals surface area contributed by atoms with Crippen molar-refractivity contribution in [3.05, 3.63) is 92.5 Å². The minimum absolute atomic E-state index is 0.0753. The molecule has 6 heteroatoms. The van der Waals surface area contributed by atoms with Gasteiger partial charge in [0, 0.05) is 33.7 Å². The van der Waals surface area contributed by atoms with Crippen LogP contribution in [0.4, 0.5) is 5.00 Å². The average Bonchev–Trinajstić information content (AvgIpc) is 3.53. The number of nitrogens with zero attached hydrogens (tertiary/aromatic N) is 2. The molecule has 0 unspecified atom stereocenters. The second-order valence-electron chi connectivity index (χ2n) is 9.42. The van der Waals surface area contributed by atoms with E-state index in [1.54, 1.807) is 17.6 Å². The summed E-state index contributed by atoms with van der Waals surface area (Å²) in [6, 6.07) is 12.5. The van der Waals surface area contributed by atoms with Gasteiger partial charge in [0.05, 0.1) is 18.4 Å². The zero-order chi connectivity index (χ0) is 24.5. The molecule has 1 aromatic carbocycles. The van der Waals surface area contributed by atoms with Crippen LogP contribution < -0.4 is 5.32 Å². The van der Waals surface area contributed by atoms with Crippen LogP contribution in [0, 0.1) is 27.7 Å². The van der Waals surface area contributed by atoms with Gasteiger partial charge in [0.1, 0.15) is 10.8 Å². The number of carbonyl (C=O) groups excluding carboxylic acids is 1. The Hall–Kier alpha value is -3.38. The Balaban J connectivity index is 1.47. The summed E-state index contributed by atoms with van der Waals surface area (Å²) < 4.78 is 7.66. The molecule has 5 nitrogen and oxygen atoms in total. The fourth-order valence-electron chi connectivity index (χ4n) is 5.07. The normalized spacial score (nSPS) is 13.4. The van der Waals surface area contributed by atoms with Crippen LogP contribution in [0.25, 0.3) is 5.69 Å². The fraction of sp³-hybridized carbons (Fsp3) is 0.310. The van der Waals surface area contributed by atoms with E-state index in [0.29, 0.717) is 6.54 Å². The number of aryl methyl sites for hydroxylation is 4. The molecule has 0 saturated heterocycles. The van der Waals surface area contributed by atoms with Gasteiger partial charge in [0.15, 0.2) is 0 Å². The molecular weight excluding hydrogens is 454 g/mol. The first kappa shape index (κ1) is 23.4. The molecular formula is C29H31N3O2S. The minimum Gasteiger partial charge on any atom is -0.467 e. The lowest BCUT2D eigenvalue weighted by molar-refractivity contribution is 0.0948. The van der Waals surface area contributed by atoms with Gasteiger partial charge in [-0.3, -0.25) is 4.79 Å². The van der Waals surface area contributed by atoms with Gasteiger partial charge in [-0.05, 0) is 100 Å². The van der Waals surface area contributed by atoms with E-state index in [4.69, 9.17) is 9.41 Å². The first-order valence-electron chi connectivity index (χ1n) is 12.2. The number of fused-ring (bicyclic) bond motifs is 1. The van der Waals surface area contributed by atoms with Crippen molar-refractivity contribution in [2.45, 2.75) is 59.9 Å². The van der Waals surface area contributed by atoms with Gasteiger partial charge < -0.3 is 14.3 Å². The van der Waals surface area contributed by atoms with Crippen molar-refractivity contribution in [3.63, 3.8) is 0 Å². The molecule has 3 aromatic heterocycles. The van der Waals surface area contributed by atoms with Crippen LogP contribution in [-0.4, -0.2) is 16.7 Å². The lowest BCUT2D eigenvalue weighted by atomic mass is 9.95. The van der Waals surface area contributed by atoms with Crippen LogP contribution in [-0.2, 0) is 19.4 Å². The van der Waals surface area contributed by atoms with E-state index < -0.39 is 0 Å². The van der Waals surface area contributed by atoms with Gasteiger partial charge >= 0.3 is 0 Å². The first-order chi connectivity index (χ1) is 16.9. The van der Waals surface area contributed by atoms with Crippen LogP contribution in [0.2, 0.25) is 0 Å². The smallest absolute Gasteiger partial charge is 0.255 e. The number of thiophene rings is 1. The summed E-state index contributed by atoms with van der Waals surface area (Å²) in [4.78, 5) is 19.4. The zero-order valence-electron chi connectivity index (χ0n) is 20.8. The summed E-state index contributed by atoms with van der Waals surface area (Å²) in [6.07, 6.45) is 7.78. The Labute approximate surface area is 210 Å². The van der Waals surface area contributed by atoms with Crippen molar-refractivity contribution in [3.8, 4) is 5.69 Å². The van der Waals surface area contributed by atoms with E-state index in [-0.39, 0.29) is 5.91 Å². The van der Waals surface area contributed by atoms with E-state index in [2.05, 4.69) is 61.8 Å². The maximum absolute atomic E-state index is 13.3. The molecule has 0 fully saturated rings. The zero-order valence-corrected chi connectivity index (χ0v) is 21.6. The summed E-state index contributed by atoms with van der Waals surface area (Å²) >= 11 is 1.66. The number of aromatic nitrogens is 1. The van der Waals surface area contributed by atoms with Gasteiger partial charge in [-0.1, -0.05) is 6.07 Å². The number of hydrogen-bond acceptors (Lipinski definition) is 4. The summed E-state index contributed by atoms with van der Waals surface area (Å²) in [6.45, 7) is 8.88. The summed E-state index contributed by atoms with van der Waals surface area (Å²) in [7, 11) is 0. The number of furan rings is 1. The van der Waals surface area contributed by atoms with E-state index in [0.717, 1.165) is 52.5 Å². The Kier molecular flexibility index (Phi) is 6.48. The topological polar surface area (TPSA) is 59.5 Å². The quantitative estimate of drug-likeness (QED) is 0.301. The highest BCUT2D eigenvalue weighted by Gasteiger charge is 2.25. The van der Waals surface area contributed by atoms with Crippen molar-refractivity contribution < 1.29 is 9.21 Å². The van der Waals surface area contributed by atoms with E-state index in [9.17, 15) is 4.79 Å². The minimum atomic E-state index is -0.0753. The van der Waals surface area contributed by atoms with Gasteiger partial charge in [0.2, 0.25) is 0 Å². The van der Waals surface area contributed by atoms with E-state index in [1.807, 2.05) is 18.3 Å². The monoisotopic (exact) mass is 485 g/mol. The van der Waals surface area contributed by atoms with Crippen molar-refractivity contribution in [2.24, 2.45) is 4.99 Å². The first-order valence-corrected chi connectivity index (χ1v) is 13.0. The lowest BCUT2D eigenvalue weighted by Gasteiger charge is -2.12. The molecule has 0 radical (unpaired) electrons. The van der Waals surface area contributed by atoms with Gasteiger partial charge in [-0.25, -0.2) is 4.99 Å². The molecule has 0 bridgehead atoms. The lowest BCUT2D eigenvalue weighted by Crippen LogP contribution is -2.23. The predicted octanol–water partition coefficient (Wildman–Crippen LogP) is 6.92. The number of hydrogen-bond donors (Lipinski definition) is 1. The highest BCUT2D eigenvalue weighted by molar-refractivity contribution is 7.16. The summed E-state index contributed by atoms with van der Waals surface area (Å²) in [5.74, 6) is 0.667. The maximum atomic E-state index is 13.3. The Bertz CT molecular complexity index is 1390. The predicted molar refractivity (Wildman–Crippen MR) is 143 cm³/mol. The SMILES string of the molecule is Cc1cc(C)cc(-n2c(C)cc(C=Nc3sc4c(c3C(=O)NCc3ccco3)CCCC4)c2C)c1. The van der Waals surface area contributed by atoms with Gasteiger partial charge in [0.25, 0.3) is 5.91 Å². The van der Waals surface area contributed by atoms with Crippen molar-refractivity contribution in [1.82, 2.24) is 9.88 Å². The van der Waals surface area contributed by atoms with Gasteiger partial charge in [-0.2, -0.15) is 0 Å². The third kappa shape index (κ3) is 4.76. The molecule has 1 aliphatic rings. The average molecular weight is 486 g/mol. The van der Waals surface area contributed by atoms with Gasteiger partial charge in [-0.15, -0.1) is 11.3 Å². The van der Waals surface area contributed by atoms with Crippen molar-refractivity contribution in [2.75, 3.05) is 0 Å². The molecule has 3 heterocycles. The number of benzene rings is 1. The van der Waals surface area contributed by atoms with Crippen LogP contribution in [0.1, 0.15) is 67.5 Å². The molecule has 0 saturated carbocycles. The fourth-order valence-corrected chi connectivity index (χ4v) is 6.30. The standard InChI is InChI=1S/C29H31N3O2S/c1-18-12-19(2)14-23(13-18)32-20(3)15-22(21(32)4)16-31-29-27(25-9-5-6-10-26(25)35-29)28(33)30-17-24-8-7-11-34-24/h7-8,11-16H,5-6,9-10,17H2,1-4H3,(H,30,33). The number of carbonyl (C=O) groups is 1. The molecule has 0 spiro atoms. The highest BCUT2D eigenvalue weighted by Crippen LogP contribution is 2.40. The van der Waals surface area contributed by atoms with E-state index >= 15 is 0 Å². The molecule has 4 aromatic rings. The number of nitrogens with one attached hydrogen (secondary N) is 1. The summed E-state index contributed by atoms with van der Waals surface area (Å²) in [5, 5.41) is 3.83. The third-order valence-electron chi connectivity index (χ3n) is 6.64. The molecule has 5 rings (SSSR count). The molecule has 0 atom stereocenters. The molecule has 0 aliphatic heterocycles. The largest absolute Gasteiger partial charge is 0.467 e. The van der Waals surface area contributed by atoms with Crippen LogP contribution in [0.3, 0.4) is 0 Å². The number of rotatable bonds is 6. The second-order valence-corrected chi connectivity index (χ2v) is 10.5. The molecule has 1 N–H and O–H groups in total. The van der Waals surface area contributed by atoms with Crippen LogP contribution >= 0.6 is 11.3 Å². The number of amides is 1. The third-order valence-corrected chi connectivity index (χ3v) is 7.84. The molecule has 1 aliphatic carbocycles. The molecule has 1 amide bonds. The van der Waals surface area contributed by atoms with Crippen LogP contribution in [0.5, 0.6) is 0 Å². The highest BCUT2D eigenvalue weighted by atomic mass is 32.1. The maximum Gasteiger partial charge on any atom is 0.255 e.